The van der Waals surface area contributed by atoms with Gasteiger partial charge >= 0.3 is 5.97 Å². The lowest BCUT2D eigenvalue weighted by molar-refractivity contribution is -0.142. The van der Waals surface area contributed by atoms with Crippen LogP contribution in [0.4, 0.5) is 0 Å². The molecule has 0 spiro atoms. The monoisotopic (exact) mass is 397 g/mol. The van der Waals surface area contributed by atoms with Crippen LogP contribution >= 0.6 is 0 Å². The van der Waals surface area contributed by atoms with Crippen LogP contribution in [0.3, 0.4) is 0 Å². The minimum absolute atomic E-state index is 0.177. The van der Waals surface area contributed by atoms with Crippen molar-refractivity contribution >= 4 is 11.9 Å². The van der Waals surface area contributed by atoms with E-state index in [2.05, 4.69) is 5.32 Å². The summed E-state index contributed by atoms with van der Waals surface area (Å²) < 4.78 is 0. The summed E-state index contributed by atoms with van der Waals surface area (Å²) in [5, 5.41) is 33.4. The lowest BCUT2D eigenvalue weighted by Gasteiger charge is -2.33. The Kier molecular flexibility index (Phi) is 9.22. The second-order valence-corrected chi connectivity index (χ2v) is 9.52. The lowest BCUT2D eigenvalue weighted by atomic mass is 9.82. The molecule has 4 N–H and O–H groups in total. The molecular formula is C22H39NO5. The van der Waals surface area contributed by atoms with Crippen molar-refractivity contribution in [3.05, 3.63) is 0 Å². The third kappa shape index (κ3) is 8.08. The summed E-state index contributed by atoms with van der Waals surface area (Å²) in [7, 11) is 0. The molecule has 2 fully saturated rings. The number of hydrogen-bond acceptors (Lipinski definition) is 4. The normalized spacial score (nSPS) is 22.5. The first-order valence-corrected chi connectivity index (χ1v) is 11.1. The maximum absolute atomic E-state index is 12.9. The first-order valence-electron chi connectivity index (χ1n) is 11.1. The van der Waals surface area contributed by atoms with Gasteiger partial charge in [0.2, 0.25) is 5.91 Å². The number of carbonyl (C=O) groups excluding carboxylic acids is 1. The highest BCUT2D eigenvalue weighted by atomic mass is 16.4. The molecule has 162 valence electrons. The molecule has 0 aromatic heterocycles. The van der Waals surface area contributed by atoms with Gasteiger partial charge in [-0.1, -0.05) is 58.8 Å². The SMILES string of the molecule is CC(C)C[C@H](O)[C@H](O)[C@H](CC1CCCCC1)NC(=O)[C@@H](CC(=O)O)CC1CC1. The quantitative estimate of drug-likeness (QED) is 0.405. The number of aliphatic hydroxyl groups excluding tert-OH is 2. The fourth-order valence-corrected chi connectivity index (χ4v) is 4.51. The number of nitrogens with one attached hydrogen (secondary N) is 1. The first kappa shape index (κ1) is 23.1. The van der Waals surface area contributed by atoms with E-state index in [1.807, 2.05) is 13.8 Å². The Hall–Kier alpha value is -1.14. The van der Waals surface area contributed by atoms with Crippen molar-refractivity contribution < 1.29 is 24.9 Å². The van der Waals surface area contributed by atoms with Gasteiger partial charge in [0.25, 0.3) is 0 Å². The largest absolute Gasteiger partial charge is 0.481 e. The van der Waals surface area contributed by atoms with Crippen LogP contribution in [0.5, 0.6) is 0 Å². The van der Waals surface area contributed by atoms with Gasteiger partial charge in [-0.3, -0.25) is 9.59 Å². The predicted molar refractivity (Wildman–Crippen MR) is 108 cm³/mol. The van der Waals surface area contributed by atoms with Gasteiger partial charge in [0.05, 0.1) is 18.6 Å². The summed E-state index contributed by atoms with van der Waals surface area (Å²) in [6.45, 7) is 3.98. The molecule has 0 heterocycles. The zero-order chi connectivity index (χ0) is 20.7. The van der Waals surface area contributed by atoms with Gasteiger partial charge in [0.15, 0.2) is 0 Å². The number of carbonyl (C=O) groups is 2. The summed E-state index contributed by atoms with van der Waals surface area (Å²) in [4.78, 5) is 24.1. The molecule has 28 heavy (non-hydrogen) atoms. The number of aliphatic carboxylic acids is 1. The van der Waals surface area contributed by atoms with Gasteiger partial charge in [-0.2, -0.15) is 0 Å². The Balaban J connectivity index is 2.04. The van der Waals surface area contributed by atoms with Crippen LogP contribution < -0.4 is 5.32 Å². The Bertz CT molecular complexity index is 499. The van der Waals surface area contributed by atoms with Crippen LogP contribution in [0.25, 0.3) is 0 Å². The molecule has 2 aliphatic carbocycles. The summed E-state index contributed by atoms with van der Waals surface area (Å²) >= 11 is 0. The van der Waals surface area contributed by atoms with Gasteiger partial charge in [0, 0.05) is 5.92 Å². The van der Waals surface area contributed by atoms with E-state index in [0.717, 1.165) is 25.7 Å². The zero-order valence-electron chi connectivity index (χ0n) is 17.5. The smallest absolute Gasteiger partial charge is 0.304 e. The second-order valence-electron chi connectivity index (χ2n) is 9.52. The van der Waals surface area contributed by atoms with E-state index in [4.69, 9.17) is 0 Å². The molecule has 0 aromatic rings. The molecule has 0 bridgehead atoms. The number of rotatable bonds is 12. The van der Waals surface area contributed by atoms with E-state index in [0.29, 0.717) is 31.1 Å². The van der Waals surface area contributed by atoms with Crippen LogP contribution in [0.2, 0.25) is 0 Å². The number of amides is 1. The van der Waals surface area contributed by atoms with Crippen molar-refractivity contribution in [1.29, 1.82) is 0 Å². The molecule has 2 aliphatic rings. The van der Waals surface area contributed by atoms with Gasteiger partial charge in [-0.05, 0) is 37.0 Å². The molecule has 6 heteroatoms. The molecular weight excluding hydrogens is 358 g/mol. The highest BCUT2D eigenvalue weighted by molar-refractivity contribution is 5.83. The summed E-state index contributed by atoms with van der Waals surface area (Å²) in [6.07, 6.45) is 7.46. The maximum Gasteiger partial charge on any atom is 0.304 e. The van der Waals surface area contributed by atoms with Gasteiger partial charge < -0.3 is 20.6 Å². The molecule has 6 nitrogen and oxygen atoms in total. The molecule has 0 aliphatic heterocycles. The van der Waals surface area contributed by atoms with Crippen molar-refractivity contribution in [2.24, 2.45) is 23.7 Å². The van der Waals surface area contributed by atoms with Crippen molar-refractivity contribution in [2.75, 3.05) is 0 Å². The predicted octanol–water partition coefficient (Wildman–Crippen LogP) is 3.10. The third-order valence-electron chi connectivity index (χ3n) is 6.27. The van der Waals surface area contributed by atoms with E-state index in [9.17, 15) is 24.9 Å². The van der Waals surface area contributed by atoms with Crippen molar-refractivity contribution in [2.45, 2.75) is 103 Å². The van der Waals surface area contributed by atoms with E-state index in [1.54, 1.807) is 0 Å². The fourth-order valence-electron chi connectivity index (χ4n) is 4.51. The molecule has 0 unspecified atom stereocenters. The molecule has 0 saturated heterocycles. The van der Waals surface area contributed by atoms with Crippen LogP contribution in [0.1, 0.15) is 84.5 Å². The maximum atomic E-state index is 12.9. The standard InChI is InChI=1S/C22H39NO5/c1-14(2)10-19(24)21(27)18(12-15-6-4-3-5-7-15)23-22(28)17(13-20(25)26)11-16-8-9-16/h14-19,21,24,27H,3-13H2,1-2H3,(H,23,28)(H,25,26)/t17-,18+,19+,21-/m1/s1. The second kappa shape index (κ2) is 11.1. The topological polar surface area (TPSA) is 107 Å². The molecule has 0 aromatic carbocycles. The minimum Gasteiger partial charge on any atom is -0.481 e. The van der Waals surface area contributed by atoms with E-state index in [-0.39, 0.29) is 18.2 Å². The van der Waals surface area contributed by atoms with Crippen molar-refractivity contribution in [3.8, 4) is 0 Å². The average molecular weight is 398 g/mol. The lowest BCUT2D eigenvalue weighted by Crippen LogP contribution is -2.51. The summed E-state index contributed by atoms with van der Waals surface area (Å²) in [5.74, 6) is -0.695. The number of carboxylic acid groups (broad SMARTS) is 1. The molecule has 4 atom stereocenters. The Labute approximate surface area is 169 Å². The van der Waals surface area contributed by atoms with Crippen LogP contribution in [-0.4, -0.2) is 45.4 Å². The Morgan fingerprint density at radius 1 is 0.964 bits per heavy atom. The first-order chi connectivity index (χ1) is 13.3. The number of aliphatic hydroxyl groups is 2. The van der Waals surface area contributed by atoms with Crippen LogP contribution in [0.15, 0.2) is 0 Å². The van der Waals surface area contributed by atoms with Gasteiger partial charge in [-0.25, -0.2) is 0 Å². The van der Waals surface area contributed by atoms with Gasteiger partial charge in [-0.15, -0.1) is 0 Å². The third-order valence-corrected chi connectivity index (χ3v) is 6.27. The molecule has 2 rings (SSSR count). The van der Waals surface area contributed by atoms with E-state index >= 15 is 0 Å². The Morgan fingerprint density at radius 3 is 2.11 bits per heavy atom. The minimum atomic E-state index is -1.03. The summed E-state index contributed by atoms with van der Waals surface area (Å²) in [6, 6.07) is -0.528. The number of hydrogen-bond donors (Lipinski definition) is 4. The molecule has 0 radical (unpaired) electrons. The number of carboxylic acids is 1. The fraction of sp³-hybridized carbons (Fsp3) is 0.909. The Morgan fingerprint density at radius 2 is 1.57 bits per heavy atom. The van der Waals surface area contributed by atoms with Crippen molar-refractivity contribution in [3.63, 3.8) is 0 Å². The highest BCUT2D eigenvalue weighted by Gasteiger charge is 2.35. The van der Waals surface area contributed by atoms with Gasteiger partial charge in [0.1, 0.15) is 6.10 Å². The van der Waals surface area contributed by atoms with E-state index < -0.39 is 30.1 Å². The highest BCUT2D eigenvalue weighted by Crippen LogP contribution is 2.36. The van der Waals surface area contributed by atoms with Crippen LogP contribution in [0, 0.1) is 23.7 Å². The van der Waals surface area contributed by atoms with Crippen molar-refractivity contribution in [1.82, 2.24) is 5.32 Å². The zero-order valence-corrected chi connectivity index (χ0v) is 17.5. The molecule has 1 amide bonds. The van der Waals surface area contributed by atoms with E-state index in [1.165, 1.54) is 19.3 Å². The summed E-state index contributed by atoms with van der Waals surface area (Å²) in [5.41, 5.74) is 0. The average Bonchev–Trinajstić information content (AvgIpc) is 3.44. The molecule has 2 saturated carbocycles. The van der Waals surface area contributed by atoms with Crippen LogP contribution in [-0.2, 0) is 9.59 Å².